The highest BCUT2D eigenvalue weighted by atomic mass is 32.2. The van der Waals surface area contributed by atoms with Crippen molar-refractivity contribution in [1.82, 2.24) is 9.62 Å². The number of hydrogen-bond donors (Lipinski definition) is 1. The zero-order valence-corrected chi connectivity index (χ0v) is 18.5. The number of carbonyl (C=O) groups is 2. The van der Waals surface area contributed by atoms with Gasteiger partial charge in [0.15, 0.2) is 0 Å². The molecule has 2 amide bonds. The first-order chi connectivity index (χ1) is 14.4. The van der Waals surface area contributed by atoms with Crippen LogP contribution in [0, 0.1) is 6.92 Å². The number of aryl methyl sites for hydroxylation is 1. The topological polar surface area (TPSA) is 86.8 Å². The van der Waals surface area contributed by atoms with Gasteiger partial charge in [0.05, 0.1) is 0 Å². The van der Waals surface area contributed by atoms with Crippen molar-refractivity contribution >= 4 is 38.9 Å². The largest absolute Gasteiger partial charge is 0.351 e. The molecule has 0 spiro atoms. The molecule has 2 aliphatic rings. The van der Waals surface area contributed by atoms with E-state index in [4.69, 9.17) is 0 Å². The number of rotatable bonds is 6. The molecule has 4 rings (SSSR count). The molecule has 0 saturated carbocycles. The van der Waals surface area contributed by atoms with Crippen molar-refractivity contribution in [3.8, 4) is 0 Å². The molecule has 160 valence electrons. The predicted octanol–water partition coefficient (Wildman–Crippen LogP) is 2.65. The van der Waals surface area contributed by atoms with Crippen LogP contribution in [0.25, 0.3) is 0 Å². The Morgan fingerprint density at radius 1 is 1.13 bits per heavy atom. The van der Waals surface area contributed by atoms with Gasteiger partial charge in [0.2, 0.25) is 11.8 Å². The van der Waals surface area contributed by atoms with Crippen LogP contribution >= 0.6 is 11.3 Å². The molecule has 2 fully saturated rings. The zero-order chi connectivity index (χ0) is 21.3. The third kappa shape index (κ3) is 4.14. The third-order valence-electron chi connectivity index (χ3n) is 5.57. The first-order valence-corrected chi connectivity index (χ1v) is 12.4. The Hall–Kier alpha value is -2.23. The van der Waals surface area contributed by atoms with Crippen LogP contribution in [0.1, 0.15) is 36.1 Å². The number of sulfonamides is 1. The summed E-state index contributed by atoms with van der Waals surface area (Å²) in [6.07, 6.45) is 2.65. The Kier molecular flexibility index (Phi) is 5.95. The minimum Gasteiger partial charge on any atom is -0.351 e. The molecule has 7 nitrogen and oxygen atoms in total. The summed E-state index contributed by atoms with van der Waals surface area (Å²) in [5.74, 6) is -0.136. The molecular weight excluding hydrogens is 422 g/mol. The molecule has 2 aliphatic heterocycles. The van der Waals surface area contributed by atoms with E-state index in [0.717, 1.165) is 29.1 Å². The van der Waals surface area contributed by atoms with E-state index < -0.39 is 16.1 Å². The second-order valence-electron chi connectivity index (χ2n) is 7.67. The molecule has 9 heteroatoms. The molecule has 1 aromatic carbocycles. The summed E-state index contributed by atoms with van der Waals surface area (Å²) in [5, 5.41) is 2.88. The summed E-state index contributed by atoms with van der Waals surface area (Å²) in [7, 11) is -3.66. The standard InChI is InChI=1S/C21H25N3O4S2/c1-15-6-11-20(29-15)30(27,28)24-13-2-4-18(24)21(26)22-14-16-7-9-17(10-8-16)23-12-3-5-19(23)25/h6-11,18H,2-5,12-14H2,1H3,(H,22,26). The Balaban J connectivity index is 1.39. The van der Waals surface area contributed by atoms with Gasteiger partial charge in [0, 0.05) is 36.6 Å². The number of nitrogens with zero attached hydrogens (tertiary/aromatic N) is 2. The van der Waals surface area contributed by atoms with Crippen molar-refractivity contribution in [2.24, 2.45) is 0 Å². The lowest BCUT2D eigenvalue weighted by molar-refractivity contribution is -0.124. The Bertz CT molecular complexity index is 1050. The third-order valence-corrected chi connectivity index (χ3v) is 8.95. The maximum atomic E-state index is 13.0. The maximum Gasteiger partial charge on any atom is 0.253 e. The van der Waals surface area contributed by atoms with Crippen LogP contribution in [0.3, 0.4) is 0 Å². The average molecular weight is 448 g/mol. The highest BCUT2D eigenvalue weighted by Crippen LogP contribution is 2.30. The maximum absolute atomic E-state index is 13.0. The molecule has 3 heterocycles. The first kappa shape index (κ1) is 21.0. The summed E-state index contributed by atoms with van der Waals surface area (Å²) < 4.78 is 27.5. The van der Waals surface area contributed by atoms with Gasteiger partial charge in [-0.2, -0.15) is 4.31 Å². The average Bonchev–Trinajstić information content (AvgIpc) is 3.47. The lowest BCUT2D eigenvalue weighted by Gasteiger charge is -2.22. The molecule has 1 N–H and O–H groups in total. The van der Waals surface area contributed by atoms with E-state index in [1.165, 1.54) is 15.6 Å². The number of amides is 2. The summed E-state index contributed by atoms with van der Waals surface area (Å²) >= 11 is 1.23. The van der Waals surface area contributed by atoms with Gasteiger partial charge < -0.3 is 10.2 Å². The van der Waals surface area contributed by atoms with Crippen molar-refractivity contribution in [3.05, 3.63) is 46.8 Å². The SMILES string of the molecule is Cc1ccc(S(=O)(=O)N2CCCC2C(=O)NCc2ccc(N3CCCC3=O)cc2)s1. The monoisotopic (exact) mass is 447 g/mol. The van der Waals surface area contributed by atoms with Gasteiger partial charge in [0.1, 0.15) is 10.3 Å². The fraction of sp³-hybridized carbons (Fsp3) is 0.429. The minimum absolute atomic E-state index is 0.138. The number of nitrogens with one attached hydrogen (secondary N) is 1. The Labute approximate surface area is 180 Å². The van der Waals surface area contributed by atoms with E-state index in [9.17, 15) is 18.0 Å². The lowest BCUT2D eigenvalue weighted by atomic mass is 10.1. The van der Waals surface area contributed by atoms with Gasteiger partial charge in [0.25, 0.3) is 10.0 Å². The van der Waals surface area contributed by atoms with E-state index >= 15 is 0 Å². The normalized spacial score (nSPS) is 20.1. The van der Waals surface area contributed by atoms with E-state index in [1.54, 1.807) is 17.0 Å². The second kappa shape index (κ2) is 8.49. The highest BCUT2D eigenvalue weighted by Gasteiger charge is 2.39. The molecule has 30 heavy (non-hydrogen) atoms. The van der Waals surface area contributed by atoms with Crippen LogP contribution in [0.15, 0.2) is 40.6 Å². The minimum atomic E-state index is -3.66. The van der Waals surface area contributed by atoms with Crippen LogP contribution < -0.4 is 10.2 Å². The molecule has 0 aliphatic carbocycles. The lowest BCUT2D eigenvalue weighted by Crippen LogP contribution is -2.45. The number of anilines is 1. The second-order valence-corrected chi connectivity index (χ2v) is 11.1. The van der Waals surface area contributed by atoms with Gasteiger partial charge in [-0.25, -0.2) is 8.42 Å². The van der Waals surface area contributed by atoms with E-state index in [-0.39, 0.29) is 16.0 Å². The van der Waals surface area contributed by atoms with Crippen molar-refractivity contribution in [2.75, 3.05) is 18.0 Å². The van der Waals surface area contributed by atoms with Crippen molar-refractivity contribution in [3.63, 3.8) is 0 Å². The molecule has 1 atom stereocenters. The number of carbonyl (C=O) groups excluding carboxylic acids is 2. The zero-order valence-electron chi connectivity index (χ0n) is 16.8. The fourth-order valence-corrected chi connectivity index (χ4v) is 7.05. The number of thiophene rings is 1. The van der Waals surface area contributed by atoms with Crippen molar-refractivity contribution in [1.29, 1.82) is 0 Å². The summed E-state index contributed by atoms with van der Waals surface area (Å²) in [6.45, 7) is 3.28. The van der Waals surface area contributed by atoms with Crippen molar-refractivity contribution < 1.29 is 18.0 Å². The molecule has 1 aromatic heterocycles. The Morgan fingerprint density at radius 3 is 2.53 bits per heavy atom. The Morgan fingerprint density at radius 2 is 1.90 bits per heavy atom. The van der Waals surface area contributed by atoms with Gasteiger partial charge in [-0.15, -0.1) is 11.3 Å². The highest BCUT2D eigenvalue weighted by molar-refractivity contribution is 7.91. The molecule has 2 aromatic rings. The summed E-state index contributed by atoms with van der Waals surface area (Å²) in [4.78, 5) is 27.3. The number of benzene rings is 1. The van der Waals surface area contributed by atoms with Crippen LogP contribution in [0.2, 0.25) is 0 Å². The quantitative estimate of drug-likeness (QED) is 0.738. The smallest absolute Gasteiger partial charge is 0.253 e. The van der Waals surface area contributed by atoms with Crippen LogP contribution in [0.4, 0.5) is 5.69 Å². The molecule has 2 saturated heterocycles. The van der Waals surface area contributed by atoms with Crippen LogP contribution in [0.5, 0.6) is 0 Å². The summed E-state index contributed by atoms with van der Waals surface area (Å²) in [5.41, 5.74) is 1.77. The van der Waals surface area contributed by atoms with E-state index in [1.807, 2.05) is 31.2 Å². The van der Waals surface area contributed by atoms with Crippen LogP contribution in [-0.2, 0) is 26.2 Å². The van der Waals surface area contributed by atoms with Gasteiger partial charge >= 0.3 is 0 Å². The molecular formula is C21H25N3O4S2. The van der Waals surface area contributed by atoms with Crippen molar-refractivity contribution in [2.45, 2.75) is 49.4 Å². The molecule has 1 unspecified atom stereocenters. The molecule has 0 radical (unpaired) electrons. The fourth-order valence-electron chi connectivity index (χ4n) is 3.98. The summed E-state index contributed by atoms with van der Waals surface area (Å²) in [6, 6.07) is 10.3. The van der Waals surface area contributed by atoms with Crippen LogP contribution in [-0.4, -0.2) is 43.7 Å². The van der Waals surface area contributed by atoms with Gasteiger partial charge in [-0.3, -0.25) is 9.59 Å². The van der Waals surface area contributed by atoms with E-state index in [0.29, 0.717) is 32.4 Å². The first-order valence-electron chi connectivity index (χ1n) is 10.1. The van der Waals surface area contributed by atoms with Gasteiger partial charge in [-0.1, -0.05) is 12.1 Å². The van der Waals surface area contributed by atoms with Gasteiger partial charge in [-0.05, 0) is 56.0 Å². The number of hydrogen-bond acceptors (Lipinski definition) is 5. The van der Waals surface area contributed by atoms with E-state index in [2.05, 4.69) is 5.32 Å². The predicted molar refractivity (Wildman–Crippen MR) is 116 cm³/mol. The molecule has 0 bridgehead atoms.